The van der Waals surface area contributed by atoms with Gasteiger partial charge in [0.05, 0.1) is 19.3 Å². The molecule has 1 atom stereocenters. The van der Waals surface area contributed by atoms with Gasteiger partial charge in [-0.15, -0.1) is 0 Å². The Morgan fingerprint density at radius 2 is 1.88 bits per heavy atom. The monoisotopic (exact) mass is 355 g/mol. The third-order valence-electron chi connectivity index (χ3n) is 4.23. The van der Waals surface area contributed by atoms with E-state index in [9.17, 15) is 9.59 Å². The zero-order valence-corrected chi connectivity index (χ0v) is 14.8. The Morgan fingerprint density at radius 3 is 2.54 bits per heavy atom. The van der Waals surface area contributed by atoms with E-state index in [1.807, 2.05) is 31.2 Å². The molecule has 0 saturated heterocycles. The summed E-state index contributed by atoms with van der Waals surface area (Å²) in [6, 6.07) is 12.3. The number of fused-ring (bicyclic) bond motifs is 1. The van der Waals surface area contributed by atoms with Gasteiger partial charge < -0.3 is 19.1 Å². The number of aldehydes is 1. The van der Waals surface area contributed by atoms with Crippen molar-refractivity contribution in [1.82, 2.24) is 0 Å². The predicted octanol–water partition coefficient (Wildman–Crippen LogP) is 3.09. The Balaban J connectivity index is 1.74. The minimum absolute atomic E-state index is 0.124. The second-order valence-corrected chi connectivity index (χ2v) is 5.87. The molecule has 0 N–H and O–H groups in total. The largest absolute Gasteiger partial charge is 0.497 e. The smallest absolute Gasteiger partial charge is 0.268 e. The Kier molecular flexibility index (Phi) is 5.41. The number of anilines is 1. The standard InChI is InChI=1S/C20H21NO5/c1-3-18-20(23)21(17-12-14(13-22)4-9-19(17)26-18)10-11-25-16-7-5-15(24-2)6-8-16/h4-9,12-13,18H,3,10-11H2,1-2H3. The fourth-order valence-electron chi connectivity index (χ4n) is 2.83. The first-order valence-corrected chi connectivity index (χ1v) is 8.50. The van der Waals surface area contributed by atoms with Crippen molar-refractivity contribution in [2.45, 2.75) is 19.4 Å². The normalized spacial score (nSPS) is 15.8. The quantitative estimate of drug-likeness (QED) is 0.714. The minimum atomic E-state index is -0.523. The Bertz CT molecular complexity index is 787. The van der Waals surface area contributed by atoms with E-state index < -0.39 is 6.10 Å². The van der Waals surface area contributed by atoms with Gasteiger partial charge in [0, 0.05) is 5.56 Å². The first kappa shape index (κ1) is 17.8. The van der Waals surface area contributed by atoms with Crippen LogP contribution in [0.3, 0.4) is 0 Å². The molecule has 1 heterocycles. The molecule has 2 aromatic rings. The van der Waals surface area contributed by atoms with Crippen molar-refractivity contribution in [3.63, 3.8) is 0 Å². The highest BCUT2D eigenvalue weighted by Crippen LogP contribution is 2.35. The molecule has 3 rings (SSSR count). The van der Waals surface area contributed by atoms with Crippen LogP contribution < -0.4 is 19.1 Å². The maximum Gasteiger partial charge on any atom is 0.268 e. The molecule has 136 valence electrons. The van der Waals surface area contributed by atoms with Gasteiger partial charge >= 0.3 is 0 Å². The average Bonchev–Trinajstić information content (AvgIpc) is 2.69. The number of methoxy groups -OCH3 is 1. The molecule has 1 aliphatic rings. The van der Waals surface area contributed by atoms with Crippen molar-refractivity contribution in [3.05, 3.63) is 48.0 Å². The van der Waals surface area contributed by atoms with E-state index in [4.69, 9.17) is 14.2 Å². The third-order valence-corrected chi connectivity index (χ3v) is 4.23. The number of rotatable bonds is 7. The van der Waals surface area contributed by atoms with E-state index in [0.29, 0.717) is 42.3 Å². The number of benzene rings is 2. The summed E-state index contributed by atoms with van der Waals surface area (Å²) in [4.78, 5) is 25.4. The Hall–Kier alpha value is -3.02. The molecular weight excluding hydrogens is 334 g/mol. The zero-order chi connectivity index (χ0) is 18.5. The third kappa shape index (κ3) is 3.64. The summed E-state index contributed by atoms with van der Waals surface area (Å²) in [7, 11) is 1.61. The van der Waals surface area contributed by atoms with Crippen LogP contribution in [0.15, 0.2) is 42.5 Å². The molecule has 1 unspecified atom stereocenters. The van der Waals surface area contributed by atoms with Gasteiger partial charge in [0.1, 0.15) is 30.1 Å². The highest BCUT2D eigenvalue weighted by Gasteiger charge is 2.33. The van der Waals surface area contributed by atoms with Gasteiger partial charge in [-0.3, -0.25) is 9.59 Å². The van der Waals surface area contributed by atoms with Crippen molar-refractivity contribution in [3.8, 4) is 17.2 Å². The fourth-order valence-corrected chi connectivity index (χ4v) is 2.83. The summed E-state index contributed by atoms with van der Waals surface area (Å²) >= 11 is 0. The van der Waals surface area contributed by atoms with E-state index in [0.717, 1.165) is 12.0 Å². The summed E-state index contributed by atoms with van der Waals surface area (Å²) in [6.45, 7) is 2.58. The summed E-state index contributed by atoms with van der Waals surface area (Å²) < 4.78 is 16.6. The molecule has 6 heteroatoms. The average molecular weight is 355 g/mol. The fraction of sp³-hybridized carbons (Fsp3) is 0.300. The highest BCUT2D eigenvalue weighted by atomic mass is 16.5. The number of hydrogen-bond donors (Lipinski definition) is 0. The SMILES string of the molecule is CCC1Oc2ccc(C=O)cc2N(CCOc2ccc(OC)cc2)C1=O. The number of carbonyl (C=O) groups excluding carboxylic acids is 2. The molecule has 26 heavy (non-hydrogen) atoms. The second kappa shape index (κ2) is 7.91. The van der Waals surface area contributed by atoms with Crippen molar-refractivity contribution < 1.29 is 23.8 Å². The Labute approximate surface area is 152 Å². The van der Waals surface area contributed by atoms with Crippen LogP contribution in [-0.4, -0.2) is 38.6 Å². The zero-order valence-electron chi connectivity index (χ0n) is 14.8. The minimum Gasteiger partial charge on any atom is -0.497 e. The van der Waals surface area contributed by atoms with Crippen molar-refractivity contribution in [2.75, 3.05) is 25.2 Å². The maximum absolute atomic E-state index is 12.7. The number of ether oxygens (including phenoxy) is 3. The van der Waals surface area contributed by atoms with Crippen LogP contribution in [0, 0.1) is 0 Å². The van der Waals surface area contributed by atoms with Gasteiger partial charge in [0.2, 0.25) is 0 Å². The van der Waals surface area contributed by atoms with E-state index in [-0.39, 0.29) is 5.91 Å². The lowest BCUT2D eigenvalue weighted by atomic mass is 10.1. The molecule has 0 spiro atoms. The summed E-state index contributed by atoms with van der Waals surface area (Å²) in [5, 5.41) is 0. The Morgan fingerprint density at radius 1 is 1.15 bits per heavy atom. The first-order valence-electron chi connectivity index (χ1n) is 8.50. The summed E-state index contributed by atoms with van der Waals surface area (Å²) in [5.74, 6) is 1.93. The van der Waals surface area contributed by atoms with Crippen LogP contribution >= 0.6 is 0 Å². The lowest BCUT2D eigenvalue weighted by molar-refractivity contribution is -0.126. The van der Waals surface area contributed by atoms with Crippen molar-refractivity contribution in [1.29, 1.82) is 0 Å². The molecule has 1 aliphatic heterocycles. The van der Waals surface area contributed by atoms with Crippen LogP contribution in [0.1, 0.15) is 23.7 Å². The lowest BCUT2D eigenvalue weighted by Gasteiger charge is -2.34. The van der Waals surface area contributed by atoms with E-state index in [2.05, 4.69) is 0 Å². The molecule has 0 radical (unpaired) electrons. The van der Waals surface area contributed by atoms with Crippen molar-refractivity contribution >= 4 is 17.9 Å². The van der Waals surface area contributed by atoms with Crippen LogP contribution in [0.2, 0.25) is 0 Å². The molecular formula is C20H21NO5. The van der Waals surface area contributed by atoms with Gasteiger partial charge in [0.25, 0.3) is 5.91 Å². The maximum atomic E-state index is 12.7. The molecule has 6 nitrogen and oxygen atoms in total. The van der Waals surface area contributed by atoms with Gasteiger partial charge in [-0.25, -0.2) is 0 Å². The summed E-state index contributed by atoms with van der Waals surface area (Å²) in [6.07, 6.45) is 0.803. The molecule has 0 fully saturated rings. The van der Waals surface area contributed by atoms with E-state index in [1.165, 1.54) is 0 Å². The topological polar surface area (TPSA) is 65.1 Å². The van der Waals surface area contributed by atoms with Crippen LogP contribution in [-0.2, 0) is 4.79 Å². The van der Waals surface area contributed by atoms with Gasteiger partial charge in [-0.05, 0) is 48.9 Å². The van der Waals surface area contributed by atoms with Crippen LogP contribution in [0.25, 0.3) is 0 Å². The number of hydrogen-bond acceptors (Lipinski definition) is 5. The number of nitrogens with zero attached hydrogens (tertiary/aromatic N) is 1. The molecule has 0 bridgehead atoms. The van der Waals surface area contributed by atoms with E-state index >= 15 is 0 Å². The van der Waals surface area contributed by atoms with Crippen molar-refractivity contribution in [2.24, 2.45) is 0 Å². The molecule has 0 saturated carbocycles. The highest BCUT2D eigenvalue weighted by molar-refractivity contribution is 6.00. The van der Waals surface area contributed by atoms with Crippen LogP contribution in [0.4, 0.5) is 5.69 Å². The van der Waals surface area contributed by atoms with E-state index in [1.54, 1.807) is 30.2 Å². The molecule has 0 aromatic heterocycles. The molecule has 1 amide bonds. The second-order valence-electron chi connectivity index (χ2n) is 5.87. The molecule has 0 aliphatic carbocycles. The predicted molar refractivity (Wildman–Crippen MR) is 97.4 cm³/mol. The molecule has 2 aromatic carbocycles. The summed E-state index contributed by atoms with van der Waals surface area (Å²) in [5.41, 5.74) is 1.10. The van der Waals surface area contributed by atoms with Gasteiger partial charge in [0.15, 0.2) is 6.10 Å². The number of amides is 1. The number of carbonyl (C=O) groups is 2. The first-order chi connectivity index (χ1) is 12.7. The lowest BCUT2D eigenvalue weighted by Crippen LogP contribution is -2.47. The van der Waals surface area contributed by atoms with Gasteiger partial charge in [-0.1, -0.05) is 6.92 Å². The van der Waals surface area contributed by atoms with Crippen LogP contribution in [0.5, 0.6) is 17.2 Å². The van der Waals surface area contributed by atoms with Gasteiger partial charge in [-0.2, -0.15) is 0 Å².